The Labute approximate surface area is 160 Å². The van der Waals surface area contributed by atoms with Crippen molar-refractivity contribution in [1.82, 2.24) is 0 Å². The highest BCUT2D eigenvalue weighted by Gasteiger charge is 2.43. The third-order valence-electron chi connectivity index (χ3n) is 5.01. The molecule has 0 N–H and O–H groups in total. The van der Waals surface area contributed by atoms with E-state index in [4.69, 9.17) is 8.61 Å². The monoisotopic (exact) mass is 398 g/mol. The zero-order valence-corrected chi connectivity index (χ0v) is 19.1. The van der Waals surface area contributed by atoms with Crippen LogP contribution in [0, 0.1) is 6.92 Å². The normalized spacial score (nSPS) is 15.5. The molecule has 1 aromatic carbocycles. The van der Waals surface area contributed by atoms with E-state index in [1.54, 1.807) is 24.3 Å². The smallest absolute Gasteiger partial charge is 0.297 e. The first-order chi connectivity index (χ1) is 11.7. The van der Waals surface area contributed by atoms with Crippen molar-refractivity contribution in [2.45, 2.75) is 76.1 Å². The molecule has 0 aliphatic rings. The molecule has 0 amide bonds. The molecular formula is C20H34O4SSi. The van der Waals surface area contributed by atoms with Crippen LogP contribution < -0.4 is 0 Å². The third-order valence-corrected chi connectivity index (χ3v) is 10.9. The molecule has 0 aliphatic carbocycles. The summed E-state index contributed by atoms with van der Waals surface area (Å²) in [5.74, 6) is 0. The molecule has 0 heterocycles. The molecule has 0 aromatic heterocycles. The van der Waals surface area contributed by atoms with Gasteiger partial charge in [0, 0.05) is 0 Å². The molecule has 148 valence electrons. The first-order valence-corrected chi connectivity index (χ1v) is 13.3. The van der Waals surface area contributed by atoms with Gasteiger partial charge in [-0.25, -0.2) is 0 Å². The van der Waals surface area contributed by atoms with E-state index in [1.165, 1.54) is 0 Å². The van der Waals surface area contributed by atoms with E-state index in [0.717, 1.165) is 12.0 Å². The number of hydrogen-bond acceptors (Lipinski definition) is 4. The summed E-state index contributed by atoms with van der Waals surface area (Å²) in [5.41, 5.74) is 0.315. The molecule has 0 spiro atoms. The summed E-state index contributed by atoms with van der Waals surface area (Å²) in [6.45, 7) is 18.4. The highest BCUT2D eigenvalue weighted by molar-refractivity contribution is 7.86. The zero-order valence-electron chi connectivity index (χ0n) is 17.3. The van der Waals surface area contributed by atoms with Crippen molar-refractivity contribution < 1.29 is 17.0 Å². The van der Waals surface area contributed by atoms with Gasteiger partial charge in [0.1, 0.15) is 0 Å². The second-order valence-electron chi connectivity index (χ2n) is 8.67. The van der Waals surface area contributed by atoms with E-state index in [9.17, 15) is 8.42 Å². The van der Waals surface area contributed by atoms with Crippen LogP contribution in [0.2, 0.25) is 18.1 Å². The van der Waals surface area contributed by atoms with Crippen LogP contribution >= 0.6 is 0 Å². The van der Waals surface area contributed by atoms with Gasteiger partial charge in [-0.2, -0.15) is 8.42 Å². The molecule has 0 saturated heterocycles. The fourth-order valence-electron chi connectivity index (χ4n) is 2.30. The number of hydrogen-bond donors (Lipinski definition) is 0. The summed E-state index contributed by atoms with van der Waals surface area (Å²) in [4.78, 5) is 0.168. The molecule has 4 nitrogen and oxygen atoms in total. The minimum atomic E-state index is -3.82. The van der Waals surface area contributed by atoms with Gasteiger partial charge in [-0.3, -0.25) is 4.18 Å². The van der Waals surface area contributed by atoms with Crippen molar-refractivity contribution in [3.63, 3.8) is 0 Å². The first kappa shape index (κ1) is 23.1. The van der Waals surface area contributed by atoms with E-state index in [1.807, 2.05) is 19.9 Å². The molecule has 0 bridgehead atoms. The molecule has 1 rings (SSSR count). The lowest BCUT2D eigenvalue weighted by atomic mass is 10.0. The van der Waals surface area contributed by atoms with E-state index < -0.39 is 24.0 Å². The van der Waals surface area contributed by atoms with Gasteiger partial charge in [0.05, 0.1) is 17.1 Å². The van der Waals surface area contributed by atoms with Crippen molar-refractivity contribution >= 4 is 18.4 Å². The highest BCUT2D eigenvalue weighted by atomic mass is 32.2. The molecule has 0 radical (unpaired) electrons. The first-order valence-electron chi connectivity index (χ1n) is 9.00. The Bertz CT molecular complexity index is 702. The fraction of sp³-hybridized carbons (Fsp3) is 0.600. The molecule has 0 aliphatic heterocycles. The minimum Gasteiger partial charge on any atom is -0.409 e. The fourth-order valence-corrected chi connectivity index (χ4v) is 5.01. The van der Waals surface area contributed by atoms with Gasteiger partial charge in [-0.1, -0.05) is 44.5 Å². The Hall–Kier alpha value is -0.953. The quantitative estimate of drug-likeness (QED) is 0.315. The summed E-state index contributed by atoms with van der Waals surface area (Å²) in [6.07, 6.45) is 3.22. The SMILES string of the molecule is C=CCC[C@@](C)(COS(=O)(=O)c1ccc(C)cc1)O[Si](C)(C)C(C)(C)C. The highest BCUT2D eigenvalue weighted by Crippen LogP contribution is 2.40. The minimum absolute atomic E-state index is 0.0104. The predicted octanol–water partition coefficient (Wildman–Crippen LogP) is 5.45. The van der Waals surface area contributed by atoms with Gasteiger partial charge in [-0.05, 0) is 57.0 Å². The van der Waals surface area contributed by atoms with Crippen LogP contribution in [0.3, 0.4) is 0 Å². The lowest BCUT2D eigenvalue weighted by molar-refractivity contribution is 0.0185. The Balaban J connectivity index is 2.99. The average Bonchev–Trinajstić information content (AvgIpc) is 2.50. The summed E-state index contributed by atoms with van der Waals surface area (Å²) in [6, 6.07) is 6.67. The Morgan fingerprint density at radius 2 is 1.65 bits per heavy atom. The van der Waals surface area contributed by atoms with Gasteiger partial charge in [0.2, 0.25) is 0 Å². The van der Waals surface area contributed by atoms with Crippen LogP contribution in [0.25, 0.3) is 0 Å². The van der Waals surface area contributed by atoms with Crippen molar-refractivity contribution in [2.24, 2.45) is 0 Å². The van der Waals surface area contributed by atoms with Crippen molar-refractivity contribution in [2.75, 3.05) is 6.61 Å². The van der Waals surface area contributed by atoms with Crippen LogP contribution in [-0.2, 0) is 18.7 Å². The van der Waals surface area contributed by atoms with E-state index >= 15 is 0 Å². The summed E-state index contributed by atoms with van der Waals surface area (Å²) in [7, 11) is -5.90. The second kappa shape index (κ2) is 8.38. The standard InChI is InChI=1S/C20H34O4SSi/c1-9-10-15-20(6,24-26(7,8)19(3,4)5)16-23-25(21,22)18-13-11-17(2)12-14-18/h9,11-14H,1,10,15-16H2,2-8H3/t20-/m0/s1. The van der Waals surface area contributed by atoms with Gasteiger partial charge in [-0.15, -0.1) is 6.58 Å². The van der Waals surface area contributed by atoms with Crippen molar-refractivity contribution in [3.8, 4) is 0 Å². The number of rotatable bonds is 9. The molecular weight excluding hydrogens is 364 g/mol. The third kappa shape index (κ3) is 6.34. The zero-order chi connectivity index (χ0) is 20.2. The molecule has 1 aromatic rings. The van der Waals surface area contributed by atoms with Crippen LogP contribution in [-0.4, -0.2) is 28.9 Å². The number of aryl methyl sites for hydroxylation is 1. The van der Waals surface area contributed by atoms with Gasteiger partial charge >= 0.3 is 0 Å². The summed E-state index contributed by atoms with van der Waals surface area (Å²) in [5, 5.41) is 0.0261. The van der Waals surface area contributed by atoms with Crippen LogP contribution in [0.4, 0.5) is 0 Å². The van der Waals surface area contributed by atoms with Crippen LogP contribution in [0.1, 0.15) is 46.1 Å². The van der Waals surface area contributed by atoms with Gasteiger partial charge in [0.25, 0.3) is 10.1 Å². The molecule has 0 saturated carbocycles. The Kier molecular flexibility index (Phi) is 7.44. The van der Waals surface area contributed by atoms with Crippen LogP contribution in [0.15, 0.2) is 41.8 Å². The second-order valence-corrected chi connectivity index (χ2v) is 15.0. The maximum Gasteiger partial charge on any atom is 0.297 e. The molecule has 0 fully saturated rings. The Morgan fingerprint density at radius 3 is 2.12 bits per heavy atom. The van der Waals surface area contributed by atoms with E-state index in [-0.39, 0.29) is 16.5 Å². The molecule has 26 heavy (non-hydrogen) atoms. The summed E-state index contributed by atoms with van der Waals surface area (Å²) >= 11 is 0. The largest absolute Gasteiger partial charge is 0.409 e. The van der Waals surface area contributed by atoms with Gasteiger partial charge in [0.15, 0.2) is 8.32 Å². The lowest BCUT2D eigenvalue weighted by Gasteiger charge is -2.44. The Morgan fingerprint density at radius 1 is 1.12 bits per heavy atom. The van der Waals surface area contributed by atoms with E-state index in [0.29, 0.717) is 6.42 Å². The number of allylic oxidation sites excluding steroid dienone is 1. The van der Waals surface area contributed by atoms with Crippen LogP contribution in [0.5, 0.6) is 0 Å². The number of benzene rings is 1. The predicted molar refractivity (Wildman–Crippen MR) is 110 cm³/mol. The molecule has 1 atom stereocenters. The maximum atomic E-state index is 12.5. The molecule has 6 heteroatoms. The van der Waals surface area contributed by atoms with E-state index in [2.05, 4.69) is 40.4 Å². The van der Waals surface area contributed by atoms with Crippen molar-refractivity contribution in [1.29, 1.82) is 0 Å². The summed E-state index contributed by atoms with van der Waals surface area (Å²) < 4.78 is 37.0. The lowest BCUT2D eigenvalue weighted by Crippen LogP contribution is -2.50. The van der Waals surface area contributed by atoms with Crippen molar-refractivity contribution in [3.05, 3.63) is 42.5 Å². The van der Waals surface area contributed by atoms with Gasteiger partial charge < -0.3 is 4.43 Å². The maximum absolute atomic E-state index is 12.5. The average molecular weight is 399 g/mol. The molecule has 0 unspecified atom stereocenters. The topological polar surface area (TPSA) is 52.6 Å².